The fourth-order valence-corrected chi connectivity index (χ4v) is 10.8. The Labute approximate surface area is 336 Å². The molecule has 58 heavy (non-hydrogen) atoms. The van der Waals surface area contributed by atoms with Crippen LogP contribution in [0.1, 0.15) is 33.4 Å². The van der Waals surface area contributed by atoms with Crippen LogP contribution in [0.15, 0.2) is 162 Å². The lowest BCUT2D eigenvalue weighted by Crippen LogP contribution is -2.32. The van der Waals surface area contributed by atoms with Crippen molar-refractivity contribution in [2.45, 2.75) is 15.2 Å². The minimum Gasteiger partial charge on any atom is -0.308 e. The van der Waals surface area contributed by atoms with Crippen LogP contribution >= 0.6 is 11.8 Å². The van der Waals surface area contributed by atoms with Gasteiger partial charge in [0.15, 0.2) is 5.69 Å². The van der Waals surface area contributed by atoms with Crippen LogP contribution < -0.4 is 0 Å². The molecule has 0 N–H and O–H groups in total. The van der Waals surface area contributed by atoms with E-state index in [9.17, 15) is 10.5 Å². The molecule has 0 atom stereocenters. The number of fused-ring (bicyclic) bond motifs is 15. The summed E-state index contributed by atoms with van der Waals surface area (Å²) >= 11 is 1.79. The summed E-state index contributed by atoms with van der Waals surface area (Å²) in [6.07, 6.45) is 3.87. The second-order valence-corrected chi connectivity index (χ2v) is 15.8. The molecule has 0 bridgehead atoms. The van der Waals surface area contributed by atoms with Gasteiger partial charge in [-0.05, 0) is 95.4 Å². The van der Waals surface area contributed by atoms with Crippen LogP contribution in [-0.4, -0.2) is 19.1 Å². The summed E-state index contributed by atoms with van der Waals surface area (Å²) in [6, 6.07) is 52.2. The van der Waals surface area contributed by atoms with E-state index >= 15 is 0 Å². The summed E-state index contributed by atoms with van der Waals surface area (Å²) in [5.74, 6) is 0. The first-order valence-electron chi connectivity index (χ1n) is 18.8. The Bertz CT molecular complexity index is 3490. The molecule has 0 radical (unpaired) electrons. The van der Waals surface area contributed by atoms with Crippen molar-refractivity contribution in [2.75, 3.05) is 0 Å². The van der Waals surface area contributed by atoms with Gasteiger partial charge in [-0.2, -0.15) is 10.5 Å². The minimum absolute atomic E-state index is 0.556. The molecule has 4 aromatic heterocycles. The van der Waals surface area contributed by atoms with Crippen molar-refractivity contribution in [3.05, 3.63) is 197 Å². The zero-order valence-electron chi connectivity index (χ0n) is 30.5. The summed E-state index contributed by atoms with van der Waals surface area (Å²) in [7, 11) is 0. The Morgan fingerprint density at radius 3 is 1.55 bits per heavy atom. The number of nitrogens with zero attached hydrogens (tertiary/aromatic N) is 7. The molecule has 1 aliphatic heterocycles. The molecule has 0 amide bonds. The number of benzene rings is 6. The standard InChI is InChI=1S/C50H25N7S/c1-53-31-16-19-45-37(22-31)34-8-2-5-11-42(34)56(45)32-23-40-48(54-27-32)49-41(50(40)38-9-3-6-12-46(38)58-47-13-7-4-10-39(47)50)24-33(28-55-49)57-43-17-14-29(25-51)20-35(43)36-21-30(26-52)15-18-44(36)57/h2-24,27-28H. The van der Waals surface area contributed by atoms with E-state index in [-0.39, 0.29) is 0 Å². The summed E-state index contributed by atoms with van der Waals surface area (Å²) < 4.78 is 4.46. The van der Waals surface area contributed by atoms with E-state index < -0.39 is 5.41 Å². The molecule has 1 aliphatic carbocycles. The van der Waals surface area contributed by atoms with Crippen LogP contribution in [0.3, 0.4) is 0 Å². The van der Waals surface area contributed by atoms with Crippen LogP contribution in [-0.2, 0) is 5.41 Å². The molecule has 5 heterocycles. The Morgan fingerprint density at radius 1 is 0.517 bits per heavy atom. The van der Waals surface area contributed by atoms with Crippen molar-refractivity contribution in [3.63, 3.8) is 0 Å². The highest BCUT2D eigenvalue weighted by molar-refractivity contribution is 7.99. The van der Waals surface area contributed by atoms with Crippen molar-refractivity contribution in [1.82, 2.24) is 19.1 Å². The van der Waals surface area contributed by atoms with Gasteiger partial charge in [0.05, 0.1) is 92.5 Å². The monoisotopic (exact) mass is 755 g/mol. The third-order valence-electron chi connectivity index (χ3n) is 11.9. The topological polar surface area (TPSA) is 87.6 Å². The summed E-state index contributed by atoms with van der Waals surface area (Å²) in [6.45, 7) is 7.72. The average Bonchev–Trinajstić information content (AvgIpc) is 3.89. The maximum atomic E-state index is 9.85. The molecule has 0 unspecified atom stereocenters. The van der Waals surface area contributed by atoms with Crippen LogP contribution in [0, 0.1) is 29.2 Å². The van der Waals surface area contributed by atoms with Gasteiger partial charge in [-0.1, -0.05) is 72.4 Å². The third kappa shape index (κ3) is 4.15. The van der Waals surface area contributed by atoms with Gasteiger partial charge in [0.1, 0.15) is 0 Å². The zero-order valence-corrected chi connectivity index (χ0v) is 31.3. The lowest BCUT2D eigenvalue weighted by molar-refractivity contribution is 0.718. The Balaban J connectivity index is 1.18. The highest BCUT2D eigenvalue weighted by atomic mass is 32.2. The number of hydrogen-bond acceptors (Lipinski definition) is 5. The van der Waals surface area contributed by atoms with E-state index in [1.54, 1.807) is 11.8 Å². The van der Waals surface area contributed by atoms with E-state index in [1.807, 2.05) is 73.1 Å². The van der Waals surface area contributed by atoms with Gasteiger partial charge < -0.3 is 9.13 Å². The summed E-state index contributed by atoms with van der Waals surface area (Å²) in [4.78, 5) is 16.7. The quantitative estimate of drug-likeness (QED) is 0.164. The minimum atomic E-state index is -0.772. The average molecular weight is 756 g/mol. The molecule has 8 heteroatoms. The lowest BCUT2D eigenvalue weighted by Gasteiger charge is -2.39. The van der Waals surface area contributed by atoms with Gasteiger partial charge in [-0.25, -0.2) is 4.85 Å². The number of para-hydroxylation sites is 1. The van der Waals surface area contributed by atoms with E-state index in [0.717, 1.165) is 77.5 Å². The largest absolute Gasteiger partial charge is 0.308 e. The van der Waals surface area contributed by atoms with Crippen molar-refractivity contribution in [3.8, 4) is 34.9 Å². The van der Waals surface area contributed by atoms with Gasteiger partial charge in [-0.15, -0.1) is 0 Å². The first kappa shape index (κ1) is 32.3. The highest BCUT2D eigenvalue weighted by Crippen LogP contribution is 2.62. The predicted molar refractivity (Wildman–Crippen MR) is 228 cm³/mol. The molecule has 7 nitrogen and oxygen atoms in total. The van der Waals surface area contributed by atoms with E-state index in [2.05, 4.69) is 105 Å². The molecule has 12 rings (SSSR count). The lowest BCUT2D eigenvalue weighted by atomic mass is 9.67. The first-order chi connectivity index (χ1) is 28.6. The molecule has 0 fully saturated rings. The van der Waals surface area contributed by atoms with E-state index in [1.165, 1.54) is 20.9 Å². The maximum Gasteiger partial charge on any atom is 0.188 e. The maximum absolute atomic E-state index is 9.85. The Morgan fingerprint density at radius 2 is 1.00 bits per heavy atom. The molecule has 1 spiro atoms. The number of pyridine rings is 2. The molecule has 0 saturated carbocycles. The van der Waals surface area contributed by atoms with Crippen LogP contribution in [0.5, 0.6) is 0 Å². The van der Waals surface area contributed by atoms with Gasteiger partial charge in [0.25, 0.3) is 0 Å². The molecule has 10 aromatic rings. The molecular weight excluding hydrogens is 731 g/mol. The van der Waals surface area contributed by atoms with Gasteiger partial charge >= 0.3 is 0 Å². The predicted octanol–water partition coefficient (Wildman–Crippen LogP) is 11.8. The zero-order chi connectivity index (χ0) is 38.7. The van der Waals surface area contributed by atoms with E-state index in [0.29, 0.717) is 16.8 Å². The van der Waals surface area contributed by atoms with Crippen LogP contribution in [0.25, 0.3) is 71.2 Å². The van der Waals surface area contributed by atoms with Crippen LogP contribution in [0.4, 0.5) is 5.69 Å². The van der Waals surface area contributed by atoms with E-state index in [4.69, 9.17) is 16.5 Å². The number of rotatable bonds is 2. The van der Waals surface area contributed by atoms with Gasteiger partial charge in [0, 0.05) is 37.1 Å². The molecule has 0 saturated heterocycles. The number of aromatic nitrogens is 4. The SMILES string of the molecule is [C-]#[N+]c1ccc2c(c1)c1ccccc1n2-c1cnc2c(c1)C1(c3ccccc3Sc3ccccc31)c1cc(-n3c4ccc(C#N)cc4c4cc(C#N)ccc43)cnc1-2. The smallest absolute Gasteiger partial charge is 0.188 e. The molecule has 6 aromatic carbocycles. The Kier molecular flexibility index (Phi) is 6.56. The van der Waals surface area contributed by atoms with Gasteiger partial charge in [0.2, 0.25) is 0 Å². The van der Waals surface area contributed by atoms with Crippen LogP contribution in [0.2, 0.25) is 0 Å². The molecule has 2 aliphatic rings. The third-order valence-corrected chi connectivity index (χ3v) is 13.1. The normalized spacial score (nSPS) is 13.2. The molecular formula is C50H25N7S. The first-order valence-corrected chi connectivity index (χ1v) is 19.6. The van der Waals surface area contributed by atoms with Crippen molar-refractivity contribution >= 4 is 61.1 Å². The van der Waals surface area contributed by atoms with Crippen molar-refractivity contribution in [2.24, 2.45) is 0 Å². The summed E-state index contributed by atoms with van der Waals surface area (Å²) in [5.41, 5.74) is 12.7. The van der Waals surface area contributed by atoms with Crippen molar-refractivity contribution < 1.29 is 0 Å². The second-order valence-electron chi connectivity index (χ2n) is 14.7. The summed E-state index contributed by atoms with van der Waals surface area (Å²) in [5, 5.41) is 23.6. The van der Waals surface area contributed by atoms with Gasteiger partial charge in [-0.3, -0.25) is 9.97 Å². The Hall–Kier alpha value is -7.96. The fraction of sp³-hybridized carbons (Fsp3) is 0.0200. The number of hydrogen-bond donors (Lipinski definition) is 0. The highest BCUT2D eigenvalue weighted by Gasteiger charge is 2.52. The second kappa shape index (κ2) is 11.8. The number of nitriles is 2. The van der Waals surface area contributed by atoms with Crippen molar-refractivity contribution in [1.29, 1.82) is 10.5 Å². The fourth-order valence-electron chi connectivity index (χ4n) is 9.57. The molecule has 266 valence electrons.